The molecule has 26 heavy (non-hydrogen) atoms. The number of rotatable bonds is 4. The highest BCUT2D eigenvalue weighted by Crippen LogP contribution is 2.24. The largest absolute Gasteiger partial charge is 0.321 e. The second-order valence-corrected chi connectivity index (χ2v) is 8.88. The number of carbonyl (C=O) groups excluding carboxylic acids is 1. The summed E-state index contributed by atoms with van der Waals surface area (Å²) in [4.78, 5) is 12.7. The number of nitrogens with one attached hydrogen (secondary N) is 1. The third kappa shape index (κ3) is 4.06. The number of sulfonamides is 1. The SMILES string of the molecule is Cc1ccc(S(=O)(=O)N2CC=C(C(=O)Nc3ccccc3Br)CC2)cc1. The Hall–Kier alpha value is -1.96. The molecule has 1 heterocycles. The molecule has 1 aliphatic rings. The Balaban J connectivity index is 1.70. The van der Waals surface area contributed by atoms with Gasteiger partial charge in [-0.1, -0.05) is 35.9 Å². The minimum absolute atomic E-state index is 0.189. The Morgan fingerprint density at radius 2 is 1.81 bits per heavy atom. The quantitative estimate of drug-likeness (QED) is 0.796. The molecule has 1 amide bonds. The molecule has 2 aromatic carbocycles. The van der Waals surface area contributed by atoms with Crippen LogP contribution < -0.4 is 5.32 Å². The summed E-state index contributed by atoms with van der Waals surface area (Å²) >= 11 is 3.39. The van der Waals surface area contributed by atoms with Crippen LogP contribution in [0, 0.1) is 6.92 Å². The summed E-state index contributed by atoms with van der Waals surface area (Å²) in [5.74, 6) is -0.204. The highest BCUT2D eigenvalue weighted by atomic mass is 79.9. The molecule has 0 bridgehead atoms. The van der Waals surface area contributed by atoms with Crippen LogP contribution in [0.25, 0.3) is 0 Å². The van der Waals surface area contributed by atoms with Gasteiger partial charge in [-0.3, -0.25) is 4.79 Å². The fourth-order valence-electron chi connectivity index (χ4n) is 2.70. The van der Waals surface area contributed by atoms with Gasteiger partial charge in [0.25, 0.3) is 5.91 Å². The Bertz CT molecular complexity index is 953. The van der Waals surface area contributed by atoms with Crippen LogP contribution in [0.15, 0.2) is 69.5 Å². The molecule has 0 radical (unpaired) electrons. The van der Waals surface area contributed by atoms with Crippen LogP contribution in [0.5, 0.6) is 0 Å². The van der Waals surface area contributed by atoms with Gasteiger partial charge in [-0.05, 0) is 53.5 Å². The average molecular weight is 435 g/mol. The lowest BCUT2D eigenvalue weighted by Crippen LogP contribution is -2.36. The third-order valence-corrected chi connectivity index (χ3v) is 6.82. The minimum Gasteiger partial charge on any atom is -0.321 e. The lowest BCUT2D eigenvalue weighted by atomic mass is 10.1. The number of amides is 1. The average Bonchev–Trinajstić information content (AvgIpc) is 2.64. The molecule has 0 saturated carbocycles. The molecule has 0 fully saturated rings. The van der Waals surface area contributed by atoms with Crippen molar-refractivity contribution in [2.75, 3.05) is 18.4 Å². The summed E-state index contributed by atoms with van der Waals surface area (Å²) in [5, 5.41) is 2.85. The highest BCUT2D eigenvalue weighted by Gasteiger charge is 2.27. The predicted molar refractivity (Wildman–Crippen MR) is 105 cm³/mol. The van der Waals surface area contributed by atoms with E-state index in [1.54, 1.807) is 36.4 Å². The number of hydrogen-bond donors (Lipinski definition) is 1. The Kier molecular flexibility index (Phi) is 5.60. The summed E-state index contributed by atoms with van der Waals surface area (Å²) in [5.41, 5.74) is 2.29. The number of benzene rings is 2. The third-order valence-electron chi connectivity index (χ3n) is 4.24. The predicted octanol–water partition coefficient (Wildman–Crippen LogP) is 3.72. The van der Waals surface area contributed by atoms with E-state index < -0.39 is 10.0 Å². The van der Waals surface area contributed by atoms with Crippen LogP contribution in [0.1, 0.15) is 12.0 Å². The summed E-state index contributed by atoms with van der Waals surface area (Å²) in [7, 11) is -3.54. The Morgan fingerprint density at radius 3 is 2.42 bits per heavy atom. The van der Waals surface area contributed by atoms with Crippen LogP contribution in [0.3, 0.4) is 0 Å². The summed E-state index contributed by atoms with van der Waals surface area (Å²) < 4.78 is 27.6. The highest BCUT2D eigenvalue weighted by molar-refractivity contribution is 9.10. The maximum atomic E-state index is 12.7. The molecule has 0 aromatic heterocycles. The maximum absolute atomic E-state index is 12.7. The summed E-state index contributed by atoms with van der Waals surface area (Å²) in [6.07, 6.45) is 2.06. The zero-order valence-corrected chi connectivity index (χ0v) is 16.7. The molecule has 0 spiro atoms. The lowest BCUT2D eigenvalue weighted by Gasteiger charge is -2.25. The van der Waals surface area contributed by atoms with Crippen molar-refractivity contribution >= 4 is 37.5 Å². The van der Waals surface area contributed by atoms with E-state index in [-0.39, 0.29) is 23.9 Å². The van der Waals surface area contributed by atoms with Crippen LogP contribution in [0.4, 0.5) is 5.69 Å². The second kappa shape index (κ2) is 7.73. The van der Waals surface area contributed by atoms with E-state index >= 15 is 0 Å². The van der Waals surface area contributed by atoms with Gasteiger partial charge in [0.15, 0.2) is 0 Å². The molecular weight excluding hydrogens is 416 g/mol. The van der Waals surface area contributed by atoms with Crippen LogP contribution in [-0.2, 0) is 14.8 Å². The van der Waals surface area contributed by atoms with Crippen molar-refractivity contribution in [2.45, 2.75) is 18.2 Å². The first kappa shape index (κ1) is 18.8. The van der Waals surface area contributed by atoms with E-state index in [4.69, 9.17) is 0 Å². The maximum Gasteiger partial charge on any atom is 0.251 e. The lowest BCUT2D eigenvalue weighted by molar-refractivity contribution is -0.113. The molecule has 7 heteroatoms. The second-order valence-electron chi connectivity index (χ2n) is 6.09. The van der Waals surface area contributed by atoms with Crippen molar-refractivity contribution in [3.05, 3.63) is 70.2 Å². The smallest absolute Gasteiger partial charge is 0.251 e. The van der Waals surface area contributed by atoms with Crippen LogP contribution >= 0.6 is 15.9 Å². The number of nitrogens with zero attached hydrogens (tertiary/aromatic N) is 1. The number of anilines is 1. The number of carbonyl (C=O) groups is 1. The molecule has 5 nitrogen and oxygen atoms in total. The zero-order valence-electron chi connectivity index (χ0n) is 14.3. The topological polar surface area (TPSA) is 66.5 Å². The fraction of sp³-hybridized carbons (Fsp3) is 0.211. The van der Waals surface area contributed by atoms with Crippen molar-refractivity contribution in [1.29, 1.82) is 0 Å². The van der Waals surface area contributed by atoms with Gasteiger partial charge >= 0.3 is 0 Å². The standard InChI is InChI=1S/C19H19BrN2O3S/c1-14-6-8-16(9-7-14)26(24,25)22-12-10-15(11-13-22)19(23)21-18-5-3-2-4-17(18)20/h2-10H,11-13H2,1H3,(H,21,23). The van der Waals surface area contributed by atoms with Gasteiger partial charge in [0.05, 0.1) is 10.6 Å². The molecule has 0 atom stereocenters. The van der Waals surface area contributed by atoms with E-state index in [9.17, 15) is 13.2 Å². The van der Waals surface area contributed by atoms with Crippen molar-refractivity contribution < 1.29 is 13.2 Å². The first-order chi connectivity index (χ1) is 12.4. The van der Waals surface area contributed by atoms with E-state index in [2.05, 4.69) is 21.2 Å². The number of hydrogen-bond acceptors (Lipinski definition) is 3. The fourth-order valence-corrected chi connectivity index (χ4v) is 4.46. The number of aryl methyl sites for hydroxylation is 1. The Labute approximate surface area is 161 Å². The van der Waals surface area contributed by atoms with Crippen molar-refractivity contribution in [3.8, 4) is 0 Å². The van der Waals surface area contributed by atoms with E-state index in [0.29, 0.717) is 17.7 Å². The molecule has 0 unspecified atom stereocenters. The monoisotopic (exact) mass is 434 g/mol. The number of halogens is 1. The molecule has 136 valence electrons. The Morgan fingerprint density at radius 1 is 1.12 bits per heavy atom. The first-order valence-electron chi connectivity index (χ1n) is 8.19. The molecule has 3 rings (SSSR count). The normalized spacial score (nSPS) is 15.4. The first-order valence-corrected chi connectivity index (χ1v) is 10.4. The van der Waals surface area contributed by atoms with E-state index in [1.807, 2.05) is 25.1 Å². The van der Waals surface area contributed by atoms with Gasteiger partial charge in [0.2, 0.25) is 10.0 Å². The van der Waals surface area contributed by atoms with Gasteiger partial charge in [0.1, 0.15) is 0 Å². The van der Waals surface area contributed by atoms with Gasteiger partial charge in [-0.2, -0.15) is 4.31 Å². The van der Waals surface area contributed by atoms with Crippen molar-refractivity contribution in [3.63, 3.8) is 0 Å². The molecule has 0 saturated heterocycles. The van der Waals surface area contributed by atoms with Gasteiger partial charge in [-0.15, -0.1) is 0 Å². The minimum atomic E-state index is -3.54. The molecular formula is C19H19BrN2O3S. The van der Waals surface area contributed by atoms with Crippen LogP contribution in [0.2, 0.25) is 0 Å². The molecule has 1 aliphatic heterocycles. The molecule has 1 N–H and O–H groups in total. The van der Waals surface area contributed by atoms with Crippen molar-refractivity contribution in [1.82, 2.24) is 4.31 Å². The van der Waals surface area contributed by atoms with Crippen LogP contribution in [-0.4, -0.2) is 31.7 Å². The van der Waals surface area contributed by atoms with E-state index in [1.165, 1.54) is 4.31 Å². The zero-order chi connectivity index (χ0) is 18.7. The number of para-hydroxylation sites is 1. The van der Waals surface area contributed by atoms with Gasteiger partial charge < -0.3 is 5.32 Å². The summed E-state index contributed by atoms with van der Waals surface area (Å²) in [6, 6.07) is 14.2. The molecule has 0 aliphatic carbocycles. The molecule has 2 aromatic rings. The van der Waals surface area contributed by atoms with E-state index in [0.717, 1.165) is 10.0 Å². The van der Waals surface area contributed by atoms with Gasteiger partial charge in [0, 0.05) is 23.1 Å². The van der Waals surface area contributed by atoms with Gasteiger partial charge in [-0.25, -0.2) is 8.42 Å². The van der Waals surface area contributed by atoms with Crippen molar-refractivity contribution in [2.24, 2.45) is 0 Å². The summed E-state index contributed by atoms with van der Waals surface area (Å²) in [6.45, 7) is 2.39.